The maximum Gasteiger partial charge on any atom is 0.184 e. The van der Waals surface area contributed by atoms with Crippen LogP contribution in [0.25, 0.3) is 11.8 Å². The Morgan fingerprint density at radius 2 is 2.38 bits per heavy atom. The fraction of sp³-hybridized carbons (Fsp3) is 0.500. The van der Waals surface area contributed by atoms with Crippen molar-refractivity contribution in [1.29, 1.82) is 5.26 Å². The number of nitrogens with one attached hydrogen (secondary N) is 1. The second-order valence-electron chi connectivity index (χ2n) is 5.56. The second-order valence-corrected chi connectivity index (χ2v) is 5.56. The molecule has 3 rings (SSSR count). The smallest absolute Gasteiger partial charge is 0.184 e. The van der Waals surface area contributed by atoms with Crippen molar-refractivity contribution in [2.24, 2.45) is 5.92 Å². The molecule has 1 aromatic heterocycles. The molecule has 1 saturated heterocycles. The van der Waals surface area contributed by atoms with Crippen molar-refractivity contribution in [3.8, 4) is 6.19 Å². The summed E-state index contributed by atoms with van der Waals surface area (Å²) < 4.78 is 5.79. The topological polar surface area (TPSA) is 119 Å². The van der Waals surface area contributed by atoms with Crippen LogP contribution in [0.1, 0.15) is 6.92 Å². The van der Waals surface area contributed by atoms with E-state index in [2.05, 4.69) is 11.2 Å². The maximum atomic E-state index is 10.4. The van der Waals surface area contributed by atoms with E-state index in [1.165, 1.54) is 4.90 Å². The predicted octanol–water partition coefficient (Wildman–Crippen LogP) is -1.96. The second kappa shape index (κ2) is 5.07. The minimum absolute atomic E-state index is 0.143. The number of fused-ring (bicyclic) bond motifs is 1. The van der Waals surface area contributed by atoms with Gasteiger partial charge in [0.05, 0.1) is 30.7 Å². The number of anilines is 1. The van der Waals surface area contributed by atoms with Crippen LogP contribution in [0.4, 0.5) is 5.82 Å². The first-order chi connectivity index (χ1) is 10.0. The molecule has 0 bridgehead atoms. The SMILES string of the molecule is C[C@@H]1[C@@H](CO)OC(C2=c3[nH]c(N)cc3=CN(C#N)C2)[C@@H]1O. The summed E-state index contributed by atoms with van der Waals surface area (Å²) >= 11 is 0. The van der Waals surface area contributed by atoms with Crippen LogP contribution in [0.2, 0.25) is 0 Å². The van der Waals surface area contributed by atoms with Crippen molar-refractivity contribution in [2.75, 3.05) is 18.9 Å². The average Bonchev–Trinajstić information content (AvgIpc) is 2.98. The molecule has 0 radical (unpaired) electrons. The quantitative estimate of drug-likeness (QED) is 0.470. The van der Waals surface area contributed by atoms with Gasteiger partial charge in [0.1, 0.15) is 11.9 Å². The highest BCUT2D eigenvalue weighted by atomic mass is 16.5. The Morgan fingerprint density at radius 3 is 3.00 bits per heavy atom. The van der Waals surface area contributed by atoms with Crippen molar-refractivity contribution < 1.29 is 14.9 Å². The van der Waals surface area contributed by atoms with E-state index in [1.54, 1.807) is 12.3 Å². The number of aliphatic hydroxyl groups excluding tert-OH is 2. The molecule has 1 fully saturated rings. The number of nitrogens with zero attached hydrogens (tertiary/aromatic N) is 2. The molecule has 0 saturated carbocycles. The van der Waals surface area contributed by atoms with Crippen LogP contribution in [0.3, 0.4) is 0 Å². The third-order valence-electron chi connectivity index (χ3n) is 4.23. The highest BCUT2D eigenvalue weighted by Crippen LogP contribution is 2.31. The summed E-state index contributed by atoms with van der Waals surface area (Å²) in [6.07, 6.45) is 2.09. The molecule has 0 aliphatic carbocycles. The standard InChI is InChI=1S/C14H18N4O3/c1-7-10(5-19)21-14(13(7)20)9-4-18(6-15)3-8-2-11(16)17-12(8)9/h2-3,7,10,13-14,17,19-20H,4-5,16H2,1H3/t7-,10-,13-,14?/m1/s1. The molecule has 5 N–H and O–H groups in total. The Morgan fingerprint density at radius 1 is 1.62 bits per heavy atom. The Labute approximate surface area is 121 Å². The molecule has 112 valence electrons. The molecular formula is C14H18N4O3. The molecule has 2 aliphatic heterocycles. The molecule has 2 aliphatic rings. The summed E-state index contributed by atoms with van der Waals surface area (Å²) in [7, 11) is 0. The summed E-state index contributed by atoms with van der Waals surface area (Å²) in [5.41, 5.74) is 6.57. The molecule has 4 atom stereocenters. The minimum atomic E-state index is -0.729. The lowest BCUT2D eigenvalue weighted by Crippen LogP contribution is -2.42. The highest BCUT2D eigenvalue weighted by Gasteiger charge is 2.43. The van der Waals surface area contributed by atoms with Gasteiger partial charge in [-0.1, -0.05) is 6.92 Å². The van der Waals surface area contributed by atoms with E-state index >= 15 is 0 Å². The van der Waals surface area contributed by atoms with Crippen molar-refractivity contribution in [2.45, 2.75) is 25.2 Å². The van der Waals surface area contributed by atoms with E-state index in [0.717, 1.165) is 16.1 Å². The number of aliphatic hydroxyl groups is 2. The number of aromatic amines is 1. The molecule has 7 heteroatoms. The lowest BCUT2D eigenvalue weighted by molar-refractivity contribution is 0.0138. The maximum absolute atomic E-state index is 10.4. The largest absolute Gasteiger partial charge is 0.394 e. The number of rotatable bonds is 2. The minimum Gasteiger partial charge on any atom is -0.394 e. The lowest BCUT2D eigenvalue weighted by atomic mass is 9.94. The summed E-state index contributed by atoms with van der Waals surface area (Å²) in [5, 5.41) is 30.4. The summed E-state index contributed by atoms with van der Waals surface area (Å²) in [5.74, 6) is 0.317. The molecular weight excluding hydrogens is 272 g/mol. The molecule has 0 amide bonds. The first kappa shape index (κ1) is 13.9. The fourth-order valence-corrected chi connectivity index (χ4v) is 3.02. The van der Waals surface area contributed by atoms with E-state index in [-0.39, 0.29) is 12.5 Å². The molecule has 3 heterocycles. The molecule has 1 aromatic rings. The van der Waals surface area contributed by atoms with Gasteiger partial charge < -0.3 is 25.7 Å². The van der Waals surface area contributed by atoms with E-state index in [9.17, 15) is 10.2 Å². The highest BCUT2D eigenvalue weighted by molar-refractivity contribution is 5.58. The molecule has 0 spiro atoms. The first-order valence-corrected chi connectivity index (χ1v) is 6.85. The van der Waals surface area contributed by atoms with E-state index in [0.29, 0.717) is 12.4 Å². The predicted molar refractivity (Wildman–Crippen MR) is 75.6 cm³/mol. The van der Waals surface area contributed by atoms with E-state index in [1.807, 2.05) is 6.92 Å². The Bertz CT molecular complexity index is 705. The van der Waals surface area contributed by atoms with Crippen molar-refractivity contribution in [3.63, 3.8) is 0 Å². The van der Waals surface area contributed by atoms with Gasteiger partial charge in [-0.25, -0.2) is 0 Å². The Kier molecular flexibility index (Phi) is 3.37. The number of hydrogen-bond acceptors (Lipinski definition) is 6. The molecule has 7 nitrogen and oxygen atoms in total. The van der Waals surface area contributed by atoms with Crippen LogP contribution in [0.15, 0.2) is 6.07 Å². The number of nitriles is 1. The third kappa shape index (κ3) is 2.17. The third-order valence-corrected chi connectivity index (χ3v) is 4.23. The number of nitrogens with two attached hydrogens (primary N) is 1. The van der Waals surface area contributed by atoms with Gasteiger partial charge in [0.2, 0.25) is 0 Å². The van der Waals surface area contributed by atoms with Crippen molar-refractivity contribution in [3.05, 3.63) is 16.6 Å². The number of H-pyrrole nitrogens is 1. The van der Waals surface area contributed by atoms with Crippen LogP contribution < -0.4 is 16.3 Å². The zero-order valence-corrected chi connectivity index (χ0v) is 11.7. The van der Waals surface area contributed by atoms with Gasteiger partial charge in [-0.2, -0.15) is 5.26 Å². The monoisotopic (exact) mass is 290 g/mol. The average molecular weight is 290 g/mol. The van der Waals surface area contributed by atoms with Crippen LogP contribution in [0.5, 0.6) is 0 Å². The van der Waals surface area contributed by atoms with Crippen LogP contribution in [-0.4, -0.2) is 51.6 Å². The number of hydrogen-bond donors (Lipinski definition) is 4. The number of ether oxygens (including phenoxy) is 1. The normalized spacial score (nSPS) is 31.7. The summed E-state index contributed by atoms with van der Waals surface area (Å²) in [6, 6.07) is 1.74. The zero-order valence-electron chi connectivity index (χ0n) is 11.7. The molecule has 0 aromatic carbocycles. The van der Waals surface area contributed by atoms with Gasteiger partial charge in [0.25, 0.3) is 0 Å². The number of aromatic nitrogens is 1. The van der Waals surface area contributed by atoms with Crippen molar-refractivity contribution in [1.82, 2.24) is 9.88 Å². The van der Waals surface area contributed by atoms with E-state index in [4.69, 9.17) is 15.7 Å². The van der Waals surface area contributed by atoms with Gasteiger partial charge >= 0.3 is 0 Å². The Hall–Kier alpha value is -2.01. The summed E-state index contributed by atoms with van der Waals surface area (Å²) in [4.78, 5) is 4.53. The van der Waals surface area contributed by atoms with Crippen molar-refractivity contribution >= 4 is 17.6 Å². The fourth-order valence-electron chi connectivity index (χ4n) is 3.02. The first-order valence-electron chi connectivity index (χ1n) is 6.85. The van der Waals surface area contributed by atoms with Gasteiger partial charge in [-0.3, -0.25) is 4.90 Å². The van der Waals surface area contributed by atoms with Gasteiger partial charge in [-0.05, 0) is 6.07 Å². The Balaban J connectivity index is 2.10. The van der Waals surface area contributed by atoms with Crippen LogP contribution in [-0.2, 0) is 4.74 Å². The van der Waals surface area contributed by atoms with Crippen LogP contribution in [0, 0.1) is 17.4 Å². The molecule has 1 unspecified atom stereocenters. The van der Waals surface area contributed by atoms with Gasteiger partial charge in [-0.15, -0.1) is 0 Å². The lowest BCUT2D eigenvalue weighted by Gasteiger charge is -2.23. The summed E-state index contributed by atoms with van der Waals surface area (Å²) in [6.45, 7) is 2.03. The molecule has 21 heavy (non-hydrogen) atoms. The van der Waals surface area contributed by atoms with Gasteiger partial charge in [0, 0.05) is 22.9 Å². The van der Waals surface area contributed by atoms with E-state index < -0.39 is 18.3 Å². The van der Waals surface area contributed by atoms with Gasteiger partial charge in [0.15, 0.2) is 6.19 Å². The number of nitrogen functional groups attached to an aromatic ring is 1. The van der Waals surface area contributed by atoms with Crippen LogP contribution >= 0.6 is 0 Å². The zero-order chi connectivity index (χ0) is 15.1.